The van der Waals surface area contributed by atoms with E-state index in [4.69, 9.17) is 5.73 Å². The van der Waals surface area contributed by atoms with Crippen molar-refractivity contribution in [2.75, 3.05) is 5.73 Å². The molecule has 0 aliphatic heterocycles. The van der Waals surface area contributed by atoms with E-state index in [-0.39, 0.29) is 0 Å². The van der Waals surface area contributed by atoms with Crippen molar-refractivity contribution in [1.82, 2.24) is 4.98 Å². The van der Waals surface area contributed by atoms with Crippen LogP contribution >= 0.6 is 0 Å². The molecule has 2 rings (SSSR count). The summed E-state index contributed by atoms with van der Waals surface area (Å²) in [7, 11) is 0. The highest BCUT2D eigenvalue weighted by Crippen LogP contribution is 2.24. The molecule has 0 amide bonds. The van der Waals surface area contributed by atoms with Crippen LogP contribution in [0.3, 0.4) is 0 Å². The molecule has 0 fully saturated rings. The molecule has 0 saturated heterocycles. The molecule has 0 spiro atoms. The first kappa shape index (κ1) is 8.69. The zero-order valence-electron chi connectivity index (χ0n) is 7.44. The molecule has 14 heavy (non-hydrogen) atoms. The van der Waals surface area contributed by atoms with Crippen LogP contribution in [0.2, 0.25) is 0 Å². The van der Waals surface area contributed by atoms with Crippen LogP contribution in [-0.2, 0) is 0 Å². The first-order valence-corrected chi connectivity index (χ1v) is 4.24. The summed E-state index contributed by atoms with van der Waals surface area (Å²) >= 11 is 0. The van der Waals surface area contributed by atoms with E-state index in [1.807, 2.05) is 30.3 Å². The minimum Gasteiger partial charge on any atom is -0.397 e. The average molecular weight is 188 g/mol. The molecule has 0 aliphatic rings. The second kappa shape index (κ2) is 3.46. The Balaban J connectivity index is 2.57. The fourth-order valence-electron chi connectivity index (χ4n) is 1.31. The summed E-state index contributed by atoms with van der Waals surface area (Å²) in [6, 6.07) is 10.8. The van der Waals surface area contributed by atoms with Crippen LogP contribution in [0.4, 0.5) is 10.1 Å². The Bertz CT molecular complexity index is 440. The van der Waals surface area contributed by atoms with Crippen molar-refractivity contribution in [3.8, 4) is 11.1 Å². The third-order valence-electron chi connectivity index (χ3n) is 1.99. The molecule has 0 aliphatic carbocycles. The number of rotatable bonds is 1. The van der Waals surface area contributed by atoms with Crippen molar-refractivity contribution in [3.63, 3.8) is 0 Å². The molecule has 0 saturated carbocycles. The van der Waals surface area contributed by atoms with Gasteiger partial charge in [0.1, 0.15) is 0 Å². The Morgan fingerprint density at radius 2 is 1.86 bits per heavy atom. The number of anilines is 1. The second-order valence-corrected chi connectivity index (χ2v) is 2.96. The Hall–Kier alpha value is -1.90. The van der Waals surface area contributed by atoms with Crippen molar-refractivity contribution in [2.45, 2.75) is 0 Å². The monoisotopic (exact) mass is 188 g/mol. The number of nitrogens with zero attached hydrogens (tertiary/aromatic N) is 1. The molecule has 2 aromatic rings. The average Bonchev–Trinajstić information content (AvgIpc) is 2.23. The van der Waals surface area contributed by atoms with Crippen LogP contribution in [0.15, 0.2) is 42.6 Å². The van der Waals surface area contributed by atoms with Crippen molar-refractivity contribution >= 4 is 5.69 Å². The number of nitrogen functional groups attached to an aromatic ring is 1. The summed E-state index contributed by atoms with van der Waals surface area (Å²) in [6.07, 6.45) is 1.33. The van der Waals surface area contributed by atoms with Gasteiger partial charge in [-0.15, -0.1) is 0 Å². The fraction of sp³-hybridized carbons (Fsp3) is 0. The predicted octanol–water partition coefficient (Wildman–Crippen LogP) is 2.47. The molecule has 1 heterocycles. The van der Waals surface area contributed by atoms with Crippen LogP contribution < -0.4 is 5.73 Å². The Morgan fingerprint density at radius 3 is 2.57 bits per heavy atom. The zero-order valence-corrected chi connectivity index (χ0v) is 7.44. The lowest BCUT2D eigenvalue weighted by Crippen LogP contribution is -1.93. The maximum Gasteiger partial charge on any atom is 0.213 e. The summed E-state index contributed by atoms with van der Waals surface area (Å²) in [6.45, 7) is 0. The molecule has 0 atom stereocenters. The van der Waals surface area contributed by atoms with E-state index >= 15 is 0 Å². The topological polar surface area (TPSA) is 38.9 Å². The summed E-state index contributed by atoms with van der Waals surface area (Å²) in [4.78, 5) is 3.47. The highest BCUT2D eigenvalue weighted by Gasteiger charge is 2.03. The molecule has 0 radical (unpaired) electrons. The third-order valence-corrected chi connectivity index (χ3v) is 1.99. The summed E-state index contributed by atoms with van der Waals surface area (Å²) < 4.78 is 12.9. The Morgan fingerprint density at radius 1 is 1.14 bits per heavy atom. The lowest BCUT2D eigenvalue weighted by Gasteiger charge is -2.04. The predicted molar refractivity (Wildman–Crippen MR) is 54.0 cm³/mol. The third kappa shape index (κ3) is 1.57. The first-order chi connectivity index (χ1) is 6.77. The fourth-order valence-corrected chi connectivity index (χ4v) is 1.31. The molecule has 1 aromatic carbocycles. The van der Waals surface area contributed by atoms with Gasteiger partial charge in [-0.25, -0.2) is 4.98 Å². The van der Waals surface area contributed by atoms with E-state index in [0.717, 1.165) is 5.56 Å². The molecule has 70 valence electrons. The van der Waals surface area contributed by atoms with Gasteiger partial charge in [-0.2, -0.15) is 4.39 Å². The van der Waals surface area contributed by atoms with Gasteiger partial charge >= 0.3 is 0 Å². The molecule has 2 nitrogen and oxygen atoms in total. The zero-order chi connectivity index (χ0) is 9.97. The molecule has 2 N–H and O–H groups in total. The maximum atomic E-state index is 12.9. The van der Waals surface area contributed by atoms with Crippen LogP contribution in [0.5, 0.6) is 0 Å². The Kier molecular flexibility index (Phi) is 2.14. The van der Waals surface area contributed by atoms with Gasteiger partial charge in [-0.3, -0.25) is 0 Å². The van der Waals surface area contributed by atoms with Gasteiger partial charge in [-0.05, 0) is 5.56 Å². The second-order valence-electron chi connectivity index (χ2n) is 2.96. The normalized spacial score (nSPS) is 10.1. The highest BCUT2D eigenvalue weighted by molar-refractivity contribution is 5.75. The maximum absolute atomic E-state index is 12.9. The summed E-state index contributed by atoms with van der Waals surface area (Å²) in [5.41, 5.74) is 7.75. The molecule has 3 heteroatoms. The SMILES string of the molecule is Nc1cnc(F)cc1-c1ccccc1. The Labute approximate surface area is 81.2 Å². The molecular formula is C11H9FN2. The van der Waals surface area contributed by atoms with E-state index in [0.29, 0.717) is 11.3 Å². The number of nitrogens with two attached hydrogens (primary N) is 1. The minimum absolute atomic E-state index is 0.484. The van der Waals surface area contributed by atoms with Gasteiger partial charge in [0.05, 0.1) is 11.9 Å². The van der Waals surface area contributed by atoms with E-state index < -0.39 is 5.95 Å². The largest absolute Gasteiger partial charge is 0.397 e. The van der Waals surface area contributed by atoms with E-state index in [2.05, 4.69) is 4.98 Å². The minimum atomic E-state index is -0.516. The van der Waals surface area contributed by atoms with E-state index in [1.165, 1.54) is 12.3 Å². The number of aromatic nitrogens is 1. The smallest absolute Gasteiger partial charge is 0.213 e. The van der Waals surface area contributed by atoms with Crippen LogP contribution in [0.25, 0.3) is 11.1 Å². The summed E-state index contributed by atoms with van der Waals surface area (Å²) in [5.74, 6) is -0.516. The number of hydrogen-bond donors (Lipinski definition) is 1. The quantitative estimate of drug-likeness (QED) is 0.698. The van der Waals surface area contributed by atoms with Gasteiger partial charge in [0.25, 0.3) is 0 Å². The van der Waals surface area contributed by atoms with Crippen molar-refractivity contribution in [3.05, 3.63) is 48.5 Å². The van der Waals surface area contributed by atoms with Gasteiger partial charge in [0.15, 0.2) is 0 Å². The standard InChI is InChI=1S/C11H9FN2/c12-11-6-9(10(13)7-14-11)8-4-2-1-3-5-8/h1-7H,13H2. The van der Waals surface area contributed by atoms with Crippen LogP contribution in [-0.4, -0.2) is 4.98 Å². The van der Waals surface area contributed by atoms with Gasteiger partial charge in [0, 0.05) is 11.6 Å². The lowest BCUT2D eigenvalue weighted by atomic mass is 10.1. The molecule has 0 unspecified atom stereocenters. The number of hydrogen-bond acceptors (Lipinski definition) is 2. The molecular weight excluding hydrogens is 179 g/mol. The molecule has 1 aromatic heterocycles. The van der Waals surface area contributed by atoms with E-state index in [1.54, 1.807) is 0 Å². The lowest BCUT2D eigenvalue weighted by molar-refractivity contribution is 0.585. The van der Waals surface area contributed by atoms with Gasteiger partial charge in [0.2, 0.25) is 5.95 Å². The number of pyridine rings is 1. The van der Waals surface area contributed by atoms with Crippen LogP contribution in [0.1, 0.15) is 0 Å². The summed E-state index contributed by atoms with van der Waals surface area (Å²) in [5, 5.41) is 0. The van der Waals surface area contributed by atoms with Gasteiger partial charge in [-0.1, -0.05) is 30.3 Å². The van der Waals surface area contributed by atoms with Crippen molar-refractivity contribution in [1.29, 1.82) is 0 Å². The van der Waals surface area contributed by atoms with Crippen molar-refractivity contribution in [2.24, 2.45) is 0 Å². The highest BCUT2D eigenvalue weighted by atomic mass is 19.1. The first-order valence-electron chi connectivity index (χ1n) is 4.24. The number of halogens is 1. The number of benzene rings is 1. The van der Waals surface area contributed by atoms with Crippen LogP contribution in [0, 0.1) is 5.95 Å². The van der Waals surface area contributed by atoms with Gasteiger partial charge < -0.3 is 5.73 Å². The molecule has 0 bridgehead atoms. The van der Waals surface area contributed by atoms with E-state index in [9.17, 15) is 4.39 Å². The van der Waals surface area contributed by atoms with Crippen molar-refractivity contribution < 1.29 is 4.39 Å².